The van der Waals surface area contributed by atoms with Gasteiger partial charge in [-0.25, -0.2) is 0 Å². The summed E-state index contributed by atoms with van der Waals surface area (Å²) in [6.07, 6.45) is 3.62. The minimum atomic E-state index is -0.0843. The molecule has 18 heavy (non-hydrogen) atoms. The summed E-state index contributed by atoms with van der Waals surface area (Å²) in [5.74, 6) is 0.105. The van der Waals surface area contributed by atoms with Crippen molar-refractivity contribution in [1.82, 2.24) is 20.5 Å². The number of nitrogens with one attached hydrogen (secondary N) is 2. The van der Waals surface area contributed by atoms with E-state index in [1.807, 2.05) is 25.3 Å². The molecule has 0 radical (unpaired) electrons. The van der Waals surface area contributed by atoms with Crippen LogP contribution in [0.5, 0.6) is 0 Å². The molecule has 2 rings (SSSR count). The van der Waals surface area contributed by atoms with E-state index in [0.717, 1.165) is 25.2 Å². The van der Waals surface area contributed by atoms with Crippen molar-refractivity contribution in [3.05, 3.63) is 30.1 Å². The second-order valence-electron chi connectivity index (χ2n) is 4.45. The van der Waals surface area contributed by atoms with Gasteiger partial charge in [-0.15, -0.1) is 0 Å². The average Bonchev–Trinajstić information content (AvgIpc) is 2.41. The molecule has 0 spiro atoms. The number of pyridine rings is 1. The number of piperazine rings is 1. The van der Waals surface area contributed by atoms with Crippen LogP contribution in [0.1, 0.15) is 12.5 Å². The van der Waals surface area contributed by atoms with Crippen LogP contribution >= 0.6 is 0 Å². The second kappa shape index (κ2) is 6.47. The zero-order valence-electron chi connectivity index (χ0n) is 10.7. The Morgan fingerprint density at radius 3 is 3.28 bits per heavy atom. The van der Waals surface area contributed by atoms with Gasteiger partial charge in [0.25, 0.3) is 0 Å². The van der Waals surface area contributed by atoms with E-state index in [9.17, 15) is 4.79 Å². The molecule has 98 valence electrons. The molecule has 1 fully saturated rings. The lowest BCUT2D eigenvalue weighted by atomic mass is 10.1. The summed E-state index contributed by atoms with van der Waals surface area (Å²) in [5.41, 5.74) is 1.15. The van der Waals surface area contributed by atoms with Crippen LogP contribution in [0.3, 0.4) is 0 Å². The number of amides is 1. The van der Waals surface area contributed by atoms with Gasteiger partial charge in [0.2, 0.25) is 5.91 Å². The van der Waals surface area contributed by atoms with Crippen molar-refractivity contribution in [1.29, 1.82) is 0 Å². The standard InChI is InChI=1S/C13H20N4O/c1-2-16-13(18)12-9-15-6-7-17(12)10-11-4-3-5-14-8-11/h3-5,8,12,15H,2,6-7,9-10H2,1H3,(H,16,18). The summed E-state index contributed by atoms with van der Waals surface area (Å²) in [6, 6.07) is 3.89. The van der Waals surface area contributed by atoms with Gasteiger partial charge in [-0.05, 0) is 18.6 Å². The van der Waals surface area contributed by atoms with Gasteiger partial charge >= 0.3 is 0 Å². The fourth-order valence-electron chi connectivity index (χ4n) is 2.21. The van der Waals surface area contributed by atoms with Crippen molar-refractivity contribution >= 4 is 5.91 Å². The SMILES string of the molecule is CCNC(=O)C1CNCCN1Cc1cccnc1. The average molecular weight is 248 g/mol. The van der Waals surface area contributed by atoms with Crippen LogP contribution in [0.4, 0.5) is 0 Å². The quantitative estimate of drug-likeness (QED) is 0.787. The number of carbonyl (C=O) groups is 1. The minimum Gasteiger partial charge on any atom is -0.355 e. The maximum atomic E-state index is 12.0. The molecule has 1 saturated heterocycles. The fraction of sp³-hybridized carbons (Fsp3) is 0.538. The van der Waals surface area contributed by atoms with Crippen molar-refractivity contribution in [3.8, 4) is 0 Å². The van der Waals surface area contributed by atoms with Crippen LogP contribution in [0.2, 0.25) is 0 Å². The van der Waals surface area contributed by atoms with Gasteiger partial charge in [-0.2, -0.15) is 0 Å². The number of rotatable bonds is 4. The number of aromatic nitrogens is 1. The van der Waals surface area contributed by atoms with Crippen molar-refractivity contribution in [2.75, 3.05) is 26.2 Å². The maximum Gasteiger partial charge on any atom is 0.238 e. The molecule has 0 aliphatic carbocycles. The monoisotopic (exact) mass is 248 g/mol. The van der Waals surface area contributed by atoms with Crippen molar-refractivity contribution in [3.63, 3.8) is 0 Å². The molecule has 2 N–H and O–H groups in total. The van der Waals surface area contributed by atoms with Crippen LogP contribution in [-0.2, 0) is 11.3 Å². The van der Waals surface area contributed by atoms with Crippen LogP contribution in [0, 0.1) is 0 Å². The predicted octanol–water partition coefficient (Wildman–Crippen LogP) is -0.00850. The van der Waals surface area contributed by atoms with Crippen LogP contribution < -0.4 is 10.6 Å². The highest BCUT2D eigenvalue weighted by Crippen LogP contribution is 2.09. The smallest absolute Gasteiger partial charge is 0.238 e. The number of carbonyl (C=O) groups excluding carboxylic acids is 1. The van der Waals surface area contributed by atoms with Gasteiger partial charge in [0.05, 0.1) is 0 Å². The van der Waals surface area contributed by atoms with Gasteiger partial charge in [0, 0.05) is 45.1 Å². The third-order valence-corrected chi connectivity index (χ3v) is 3.12. The first-order valence-corrected chi connectivity index (χ1v) is 6.42. The summed E-state index contributed by atoms with van der Waals surface area (Å²) in [7, 11) is 0. The number of likely N-dealkylation sites (N-methyl/N-ethyl adjacent to an activating group) is 1. The number of hydrogen-bond donors (Lipinski definition) is 2. The molecule has 2 heterocycles. The molecule has 1 aliphatic heterocycles. The lowest BCUT2D eigenvalue weighted by molar-refractivity contribution is -0.127. The first-order valence-electron chi connectivity index (χ1n) is 6.42. The lowest BCUT2D eigenvalue weighted by Crippen LogP contribution is -2.57. The molecule has 0 aromatic carbocycles. The predicted molar refractivity (Wildman–Crippen MR) is 70.0 cm³/mol. The van der Waals surface area contributed by atoms with Crippen LogP contribution in [0.15, 0.2) is 24.5 Å². The summed E-state index contributed by atoms with van der Waals surface area (Å²) >= 11 is 0. The van der Waals surface area contributed by atoms with E-state index in [0.29, 0.717) is 13.1 Å². The molecule has 1 unspecified atom stereocenters. The summed E-state index contributed by atoms with van der Waals surface area (Å²) in [6.45, 7) is 5.92. The number of hydrogen-bond acceptors (Lipinski definition) is 4. The van der Waals surface area contributed by atoms with E-state index >= 15 is 0 Å². The Morgan fingerprint density at radius 2 is 2.56 bits per heavy atom. The van der Waals surface area contributed by atoms with E-state index in [1.165, 1.54) is 0 Å². The largest absolute Gasteiger partial charge is 0.355 e. The van der Waals surface area contributed by atoms with Crippen molar-refractivity contribution in [2.45, 2.75) is 19.5 Å². The Hall–Kier alpha value is -1.46. The van der Waals surface area contributed by atoms with E-state index < -0.39 is 0 Å². The molecule has 1 amide bonds. The first kappa shape index (κ1) is 13.0. The summed E-state index contributed by atoms with van der Waals surface area (Å²) < 4.78 is 0. The molecule has 1 aromatic rings. The van der Waals surface area contributed by atoms with Crippen molar-refractivity contribution < 1.29 is 4.79 Å². The van der Waals surface area contributed by atoms with Gasteiger partial charge in [0.15, 0.2) is 0 Å². The van der Waals surface area contributed by atoms with E-state index in [-0.39, 0.29) is 11.9 Å². The second-order valence-corrected chi connectivity index (χ2v) is 4.45. The normalized spacial score (nSPS) is 20.6. The molecule has 1 aromatic heterocycles. The van der Waals surface area contributed by atoms with Gasteiger partial charge in [0.1, 0.15) is 6.04 Å². The highest BCUT2D eigenvalue weighted by Gasteiger charge is 2.27. The zero-order chi connectivity index (χ0) is 12.8. The third kappa shape index (κ3) is 3.27. The Labute approximate surface area is 108 Å². The molecule has 5 nitrogen and oxygen atoms in total. The lowest BCUT2D eigenvalue weighted by Gasteiger charge is -2.35. The first-order chi connectivity index (χ1) is 8.81. The molecule has 0 saturated carbocycles. The zero-order valence-corrected chi connectivity index (χ0v) is 10.7. The Bertz CT molecular complexity index is 382. The topological polar surface area (TPSA) is 57.3 Å². The van der Waals surface area contributed by atoms with Crippen molar-refractivity contribution in [2.24, 2.45) is 0 Å². The van der Waals surface area contributed by atoms with Crippen LogP contribution in [0.25, 0.3) is 0 Å². The minimum absolute atomic E-state index is 0.0843. The van der Waals surface area contributed by atoms with E-state index in [2.05, 4.69) is 20.5 Å². The highest BCUT2D eigenvalue weighted by atomic mass is 16.2. The molecule has 1 atom stereocenters. The Kier molecular flexibility index (Phi) is 4.66. The fourth-order valence-corrected chi connectivity index (χ4v) is 2.21. The van der Waals surface area contributed by atoms with Crippen LogP contribution in [-0.4, -0.2) is 48.0 Å². The van der Waals surface area contributed by atoms with Gasteiger partial charge in [-0.1, -0.05) is 6.07 Å². The summed E-state index contributed by atoms with van der Waals surface area (Å²) in [4.78, 5) is 18.3. The van der Waals surface area contributed by atoms with Gasteiger partial charge < -0.3 is 10.6 Å². The summed E-state index contributed by atoms with van der Waals surface area (Å²) in [5, 5.41) is 6.17. The molecule has 1 aliphatic rings. The highest BCUT2D eigenvalue weighted by molar-refractivity contribution is 5.82. The molecular weight excluding hydrogens is 228 g/mol. The maximum absolute atomic E-state index is 12.0. The molecule has 0 bridgehead atoms. The van der Waals surface area contributed by atoms with E-state index in [4.69, 9.17) is 0 Å². The Morgan fingerprint density at radius 1 is 1.67 bits per heavy atom. The third-order valence-electron chi connectivity index (χ3n) is 3.12. The molecule has 5 heteroatoms. The Balaban J connectivity index is 2.01. The van der Waals surface area contributed by atoms with Gasteiger partial charge in [-0.3, -0.25) is 14.7 Å². The number of nitrogens with zero attached hydrogens (tertiary/aromatic N) is 2. The van der Waals surface area contributed by atoms with E-state index in [1.54, 1.807) is 6.20 Å². The molecular formula is C13H20N4O.